The Morgan fingerprint density at radius 3 is 2.67 bits per heavy atom. The third-order valence-electron chi connectivity index (χ3n) is 2.28. The first kappa shape index (κ1) is 14.9. The maximum atomic E-state index is 12.9. The molecule has 21 heavy (non-hydrogen) atoms. The number of anilines is 1. The molecule has 0 aliphatic carbocycles. The molecule has 0 atom stereocenters. The molecule has 2 rings (SSSR count). The van der Waals surface area contributed by atoms with E-state index in [0.717, 1.165) is 12.1 Å². The van der Waals surface area contributed by atoms with E-state index in [1.54, 1.807) is 12.1 Å². The fourth-order valence-corrected chi connectivity index (χ4v) is 2.07. The molecule has 0 saturated heterocycles. The number of nitrogens with two attached hydrogens (primary N) is 1. The largest absolute Gasteiger partial charge is 0.384 e. The Labute approximate surface area is 123 Å². The highest BCUT2D eigenvalue weighted by atomic mass is 32.1. The predicted octanol–water partition coefficient (Wildman–Crippen LogP) is 2.30. The van der Waals surface area contributed by atoms with Gasteiger partial charge in [0.2, 0.25) is 0 Å². The minimum absolute atomic E-state index is 0.00342. The number of benzene rings is 1. The summed E-state index contributed by atoms with van der Waals surface area (Å²) in [6.45, 7) is -0.426. The summed E-state index contributed by atoms with van der Waals surface area (Å²) in [6.07, 6.45) is 0. The van der Waals surface area contributed by atoms with Gasteiger partial charge in [0.25, 0.3) is 5.91 Å². The van der Waals surface area contributed by atoms with Crippen LogP contribution >= 0.6 is 11.3 Å². The number of halogens is 2. The van der Waals surface area contributed by atoms with Crippen LogP contribution in [-0.4, -0.2) is 18.3 Å². The van der Waals surface area contributed by atoms with Gasteiger partial charge in [0.1, 0.15) is 11.6 Å². The number of thiophene rings is 1. The van der Waals surface area contributed by atoms with Crippen LogP contribution in [0.5, 0.6) is 0 Å². The van der Waals surface area contributed by atoms with E-state index in [-0.39, 0.29) is 11.5 Å². The van der Waals surface area contributed by atoms with Crippen LogP contribution < -0.4 is 11.1 Å². The second-order valence-corrected chi connectivity index (χ2v) is 4.88. The van der Waals surface area contributed by atoms with Crippen molar-refractivity contribution in [3.05, 3.63) is 52.2 Å². The maximum absolute atomic E-state index is 12.9. The van der Waals surface area contributed by atoms with Crippen LogP contribution in [0.15, 0.2) is 40.9 Å². The number of carbonyl (C=O) groups excluding carboxylic acids is 1. The molecular weight excluding hydrogens is 300 g/mol. The first-order valence-corrected chi connectivity index (χ1v) is 6.68. The fourth-order valence-electron chi connectivity index (χ4n) is 1.45. The first-order chi connectivity index (χ1) is 10.0. The van der Waals surface area contributed by atoms with Gasteiger partial charge in [-0.05, 0) is 23.6 Å². The Bertz CT molecular complexity index is 639. The molecule has 0 bridgehead atoms. The Morgan fingerprint density at radius 2 is 2.05 bits per heavy atom. The van der Waals surface area contributed by atoms with Gasteiger partial charge in [-0.3, -0.25) is 4.79 Å². The van der Waals surface area contributed by atoms with Crippen molar-refractivity contribution in [1.82, 2.24) is 0 Å². The van der Waals surface area contributed by atoms with E-state index in [9.17, 15) is 13.6 Å². The minimum Gasteiger partial charge on any atom is -0.384 e. The average molecular weight is 311 g/mol. The molecule has 0 saturated carbocycles. The van der Waals surface area contributed by atoms with Crippen LogP contribution in [0, 0.1) is 11.6 Å². The van der Waals surface area contributed by atoms with Crippen molar-refractivity contribution in [2.24, 2.45) is 10.9 Å². The van der Waals surface area contributed by atoms with E-state index in [1.807, 2.05) is 5.38 Å². The number of amides is 1. The van der Waals surface area contributed by atoms with Crippen molar-refractivity contribution >= 4 is 28.8 Å². The molecule has 0 radical (unpaired) electrons. The van der Waals surface area contributed by atoms with Crippen molar-refractivity contribution in [3.63, 3.8) is 0 Å². The third kappa shape index (κ3) is 4.53. The number of oxime groups is 1. The minimum atomic E-state index is -0.786. The molecule has 0 unspecified atom stereocenters. The monoisotopic (exact) mass is 311 g/mol. The fraction of sp³-hybridized carbons (Fsp3) is 0.0769. The lowest BCUT2D eigenvalue weighted by atomic mass is 10.3. The summed E-state index contributed by atoms with van der Waals surface area (Å²) in [4.78, 5) is 17.0. The number of amidine groups is 1. The molecule has 0 spiro atoms. The highest BCUT2D eigenvalue weighted by molar-refractivity contribution is 7.12. The quantitative estimate of drug-likeness (QED) is 0.505. The molecule has 0 aliphatic heterocycles. The maximum Gasteiger partial charge on any atom is 0.265 e. The number of hydrogen-bond donors (Lipinski definition) is 2. The van der Waals surface area contributed by atoms with Crippen LogP contribution in [-0.2, 0) is 9.63 Å². The summed E-state index contributed by atoms with van der Waals surface area (Å²) in [5, 5.41) is 7.68. The van der Waals surface area contributed by atoms with Gasteiger partial charge in [-0.15, -0.1) is 11.3 Å². The lowest BCUT2D eigenvalue weighted by Crippen LogP contribution is -2.19. The number of nitrogens with one attached hydrogen (secondary N) is 1. The number of rotatable bonds is 5. The first-order valence-electron chi connectivity index (χ1n) is 5.80. The molecule has 1 heterocycles. The molecule has 2 aromatic rings. The van der Waals surface area contributed by atoms with Crippen LogP contribution in [0.2, 0.25) is 0 Å². The Kier molecular flexibility index (Phi) is 4.83. The summed E-state index contributed by atoms with van der Waals surface area (Å²) in [5.41, 5.74) is 5.62. The van der Waals surface area contributed by atoms with Crippen LogP contribution in [0.25, 0.3) is 0 Å². The van der Waals surface area contributed by atoms with Gasteiger partial charge in [0.15, 0.2) is 12.4 Å². The lowest BCUT2D eigenvalue weighted by Gasteiger charge is -2.05. The van der Waals surface area contributed by atoms with E-state index in [4.69, 9.17) is 10.6 Å². The van der Waals surface area contributed by atoms with Gasteiger partial charge in [-0.1, -0.05) is 11.2 Å². The highest BCUT2D eigenvalue weighted by Gasteiger charge is 2.06. The third-order valence-corrected chi connectivity index (χ3v) is 3.17. The molecule has 0 aliphatic rings. The average Bonchev–Trinajstić information content (AvgIpc) is 2.90. The lowest BCUT2D eigenvalue weighted by molar-refractivity contribution is -0.120. The van der Waals surface area contributed by atoms with Crippen LogP contribution in [0.1, 0.15) is 4.88 Å². The molecular formula is C13H11F2N3O2S. The molecule has 1 amide bonds. The second kappa shape index (κ2) is 6.80. The molecule has 110 valence electrons. The van der Waals surface area contributed by atoms with E-state index in [2.05, 4.69) is 10.5 Å². The molecule has 3 N–H and O–H groups in total. The zero-order chi connectivity index (χ0) is 15.2. The van der Waals surface area contributed by atoms with E-state index < -0.39 is 24.1 Å². The van der Waals surface area contributed by atoms with Crippen molar-refractivity contribution in [2.75, 3.05) is 11.9 Å². The molecule has 5 nitrogen and oxygen atoms in total. The Hall–Kier alpha value is -2.48. The standard InChI is InChI=1S/C13H11F2N3O2S/c14-8-4-9(15)6-10(5-8)17-12(19)7-20-18-13(16)11-2-1-3-21-11/h1-6H,7H2,(H2,16,18)(H,17,19). The Morgan fingerprint density at radius 1 is 1.33 bits per heavy atom. The van der Waals surface area contributed by atoms with Gasteiger partial charge in [0.05, 0.1) is 4.88 Å². The van der Waals surface area contributed by atoms with Gasteiger partial charge < -0.3 is 15.9 Å². The zero-order valence-electron chi connectivity index (χ0n) is 10.7. The van der Waals surface area contributed by atoms with Crippen molar-refractivity contribution in [2.45, 2.75) is 0 Å². The van der Waals surface area contributed by atoms with E-state index in [0.29, 0.717) is 10.9 Å². The van der Waals surface area contributed by atoms with Crippen molar-refractivity contribution < 1.29 is 18.4 Å². The van der Waals surface area contributed by atoms with Crippen molar-refractivity contribution in [3.8, 4) is 0 Å². The van der Waals surface area contributed by atoms with Gasteiger partial charge in [-0.2, -0.15) is 0 Å². The van der Waals surface area contributed by atoms with E-state index >= 15 is 0 Å². The smallest absolute Gasteiger partial charge is 0.265 e. The summed E-state index contributed by atoms with van der Waals surface area (Å²) in [6, 6.07) is 6.24. The topological polar surface area (TPSA) is 76.7 Å². The summed E-state index contributed by atoms with van der Waals surface area (Å²) < 4.78 is 25.9. The second-order valence-electron chi connectivity index (χ2n) is 3.93. The van der Waals surface area contributed by atoms with Crippen molar-refractivity contribution in [1.29, 1.82) is 0 Å². The summed E-state index contributed by atoms with van der Waals surface area (Å²) in [5.74, 6) is -2.03. The summed E-state index contributed by atoms with van der Waals surface area (Å²) in [7, 11) is 0. The Balaban J connectivity index is 1.86. The number of carbonyl (C=O) groups is 1. The molecule has 8 heteroatoms. The predicted molar refractivity (Wildman–Crippen MR) is 76.0 cm³/mol. The normalized spacial score (nSPS) is 11.2. The highest BCUT2D eigenvalue weighted by Crippen LogP contribution is 2.12. The number of nitrogens with zero attached hydrogens (tertiary/aromatic N) is 1. The molecule has 1 aromatic carbocycles. The van der Waals surface area contributed by atoms with Gasteiger partial charge in [0, 0.05) is 11.8 Å². The van der Waals surface area contributed by atoms with Gasteiger partial charge >= 0.3 is 0 Å². The van der Waals surface area contributed by atoms with E-state index in [1.165, 1.54) is 11.3 Å². The molecule has 1 aromatic heterocycles. The number of hydrogen-bond acceptors (Lipinski definition) is 4. The van der Waals surface area contributed by atoms with Gasteiger partial charge in [-0.25, -0.2) is 8.78 Å². The SMILES string of the molecule is N/C(=N/OCC(=O)Nc1cc(F)cc(F)c1)c1cccs1. The van der Waals surface area contributed by atoms with Crippen LogP contribution in [0.4, 0.5) is 14.5 Å². The molecule has 0 fully saturated rings. The van der Waals surface area contributed by atoms with Crippen LogP contribution in [0.3, 0.4) is 0 Å². The summed E-state index contributed by atoms with van der Waals surface area (Å²) >= 11 is 1.38. The zero-order valence-corrected chi connectivity index (χ0v) is 11.5.